The fourth-order valence-corrected chi connectivity index (χ4v) is 2.13. The van der Waals surface area contributed by atoms with Gasteiger partial charge in [0.05, 0.1) is 16.7 Å². The maximum atomic E-state index is 6.09. The molecule has 0 amide bonds. The number of halogens is 2. The SMILES string of the molecule is CC1CCOc2ccc(Cl)c(Cl)c21. The molecular formula is C10H10Cl2O. The van der Waals surface area contributed by atoms with Gasteiger partial charge in [-0.15, -0.1) is 0 Å². The molecule has 1 unspecified atom stereocenters. The van der Waals surface area contributed by atoms with Gasteiger partial charge in [-0.1, -0.05) is 30.1 Å². The van der Waals surface area contributed by atoms with E-state index in [-0.39, 0.29) is 0 Å². The molecule has 0 bridgehead atoms. The van der Waals surface area contributed by atoms with Gasteiger partial charge in [0.25, 0.3) is 0 Å². The van der Waals surface area contributed by atoms with Gasteiger partial charge in [-0.3, -0.25) is 0 Å². The quantitative estimate of drug-likeness (QED) is 0.640. The second-order valence-corrected chi connectivity index (χ2v) is 4.10. The average Bonchev–Trinajstić information content (AvgIpc) is 2.12. The van der Waals surface area contributed by atoms with E-state index in [0.717, 1.165) is 24.3 Å². The molecule has 0 saturated heterocycles. The minimum absolute atomic E-state index is 0.440. The maximum absolute atomic E-state index is 6.09. The van der Waals surface area contributed by atoms with Crippen LogP contribution in [0.1, 0.15) is 24.8 Å². The topological polar surface area (TPSA) is 9.23 Å². The average molecular weight is 217 g/mol. The molecule has 1 nitrogen and oxygen atoms in total. The van der Waals surface area contributed by atoms with Gasteiger partial charge in [-0.2, -0.15) is 0 Å². The summed E-state index contributed by atoms with van der Waals surface area (Å²) in [7, 11) is 0. The third-order valence-corrected chi connectivity index (χ3v) is 3.21. The summed E-state index contributed by atoms with van der Waals surface area (Å²) in [5.74, 6) is 1.32. The first-order valence-electron chi connectivity index (χ1n) is 4.31. The summed E-state index contributed by atoms with van der Waals surface area (Å²) in [5, 5.41) is 1.25. The zero-order valence-corrected chi connectivity index (χ0v) is 8.82. The molecule has 0 radical (unpaired) electrons. The largest absolute Gasteiger partial charge is 0.493 e. The monoisotopic (exact) mass is 216 g/mol. The Morgan fingerprint density at radius 1 is 1.38 bits per heavy atom. The van der Waals surface area contributed by atoms with Crippen LogP contribution in [0.15, 0.2) is 12.1 Å². The van der Waals surface area contributed by atoms with Crippen LogP contribution in [0.5, 0.6) is 5.75 Å². The van der Waals surface area contributed by atoms with Crippen molar-refractivity contribution in [1.29, 1.82) is 0 Å². The van der Waals surface area contributed by atoms with Crippen molar-refractivity contribution < 1.29 is 4.74 Å². The van der Waals surface area contributed by atoms with E-state index in [1.54, 1.807) is 6.07 Å². The van der Waals surface area contributed by atoms with Crippen LogP contribution in [0.2, 0.25) is 10.0 Å². The van der Waals surface area contributed by atoms with E-state index in [2.05, 4.69) is 6.92 Å². The van der Waals surface area contributed by atoms with Crippen molar-refractivity contribution in [2.75, 3.05) is 6.61 Å². The Kier molecular flexibility index (Phi) is 2.39. The summed E-state index contributed by atoms with van der Waals surface area (Å²) in [6.45, 7) is 2.91. The Morgan fingerprint density at radius 3 is 2.92 bits per heavy atom. The summed E-state index contributed by atoms with van der Waals surface area (Å²) in [5.41, 5.74) is 1.06. The molecule has 1 aromatic carbocycles. The predicted molar refractivity (Wildman–Crippen MR) is 55.0 cm³/mol. The first kappa shape index (κ1) is 9.17. The van der Waals surface area contributed by atoms with E-state index in [9.17, 15) is 0 Å². The Balaban J connectivity index is 2.58. The Morgan fingerprint density at radius 2 is 2.15 bits per heavy atom. The number of fused-ring (bicyclic) bond motifs is 1. The van der Waals surface area contributed by atoms with Crippen molar-refractivity contribution in [1.82, 2.24) is 0 Å². The first-order chi connectivity index (χ1) is 6.20. The summed E-state index contributed by atoms with van der Waals surface area (Å²) in [6.07, 6.45) is 1.01. The molecule has 0 spiro atoms. The molecule has 3 heteroatoms. The lowest BCUT2D eigenvalue weighted by molar-refractivity contribution is 0.272. The number of hydrogen-bond donors (Lipinski definition) is 0. The summed E-state index contributed by atoms with van der Waals surface area (Å²) < 4.78 is 5.49. The van der Waals surface area contributed by atoms with Crippen molar-refractivity contribution in [3.8, 4) is 5.75 Å². The normalized spacial score (nSPS) is 20.7. The van der Waals surface area contributed by atoms with Gasteiger partial charge < -0.3 is 4.74 Å². The molecule has 1 heterocycles. The zero-order valence-electron chi connectivity index (χ0n) is 7.31. The molecule has 0 saturated carbocycles. The third kappa shape index (κ3) is 1.51. The van der Waals surface area contributed by atoms with Crippen molar-refractivity contribution in [3.63, 3.8) is 0 Å². The van der Waals surface area contributed by atoms with Crippen molar-refractivity contribution in [2.45, 2.75) is 19.3 Å². The van der Waals surface area contributed by atoms with Crippen LogP contribution in [0.4, 0.5) is 0 Å². The van der Waals surface area contributed by atoms with E-state index >= 15 is 0 Å². The predicted octanol–water partition coefficient (Wildman–Crippen LogP) is 3.88. The van der Waals surface area contributed by atoms with E-state index in [1.807, 2.05) is 6.07 Å². The Bertz CT molecular complexity index is 336. The second-order valence-electron chi connectivity index (χ2n) is 3.31. The zero-order chi connectivity index (χ0) is 9.42. The lowest BCUT2D eigenvalue weighted by Gasteiger charge is -2.24. The minimum Gasteiger partial charge on any atom is -0.493 e. The summed E-state index contributed by atoms with van der Waals surface area (Å²) in [6, 6.07) is 3.67. The van der Waals surface area contributed by atoms with Gasteiger partial charge >= 0.3 is 0 Å². The lowest BCUT2D eigenvalue weighted by Crippen LogP contribution is -2.12. The molecule has 1 atom stereocenters. The summed E-state index contributed by atoms with van der Waals surface area (Å²) >= 11 is 12.0. The van der Waals surface area contributed by atoms with E-state index < -0.39 is 0 Å². The number of rotatable bonds is 0. The van der Waals surface area contributed by atoms with Crippen LogP contribution in [-0.4, -0.2) is 6.61 Å². The third-order valence-electron chi connectivity index (χ3n) is 2.39. The molecule has 1 aromatic rings. The molecule has 0 N–H and O–H groups in total. The van der Waals surface area contributed by atoms with Crippen LogP contribution < -0.4 is 4.74 Å². The molecule has 1 aliphatic rings. The van der Waals surface area contributed by atoms with E-state index in [1.165, 1.54) is 0 Å². The van der Waals surface area contributed by atoms with Gasteiger partial charge in [0.2, 0.25) is 0 Å². The number of benzene rings is 1. The second kappa shape index (κ2) is 3.39. The van der Waals surface area contributed by atoms with Crippen molar-refractivity contribution >= 4 is 23.2 Å². The van der Waals surface area contributed by atoms with Crippen LogP contribution in [-0.2, 0) is 0 Å². The number of hydrogen-bond acceptors (Lipinski definition) is 1. The highest BCUT2D eigenvalue weighted by molar-refractivity contribution is 6.42. The highest BCUT2D eigenvalue weighted by Crippen LogP contribution is 2.41. The van der Waals surface area contributed by atoms with Gasteiger partial charge in [0.1, 0.15) is 5.75 Å². The van der Waals surface area contributed by atoms with Crippen molar-refractivity contribution in [2.24, 2.45) is 0 Å². The molecular weight excluding hydrogens is 207 g/mol. The molecule has 0 fully saturated rings. The fourth-order valence-electron chi connectivity index (χ4n) is 1.62. The standard InChI is InChI=1S/C10H10Cl2O/c1-6-4-5-13-8-3-2-7(11)10(12)9(6)8/h2-3,6H,4-5H2,1H3. The van der Waals surface area contributed by atoms with Crippen molar-refractivity contribution in [3.05, 3.63) is 27.7 Å². The van der Waals surface area contributed by atoms with Crippen LogP contribution in [0.25, 0.3) is 0 Å². The Hall–Kier alpha value is -0.400. The molecule has 13 heavy (non-hydrogen) atoms. The van der Waals surface area contributed by atoms with E-state index in [0.29, 0.717) is 16.0 Å². The van der Waals surface area contributed by atoms with Crippen LogP contribution in [0, 0.1) is 0 Å². The molecule has 1 aliphatic heterocycles. The first-order valence-corrected chi connectivity index (χ1v) is 5.06. The molecule has 0 aliphatic carbocycles. The molecule has 70 valence electrons. The van der Waals surface area contributed by atoms with E-state index in [4.69, 9.17) is 27.9 Å². The highest BCUT2D eigenvalue weighted by Gasteiger charge is 2.21. The van der Waals surface area contributed by atoms with Gasteiger partial charge in [-0.05, 0) is 24.5 Å². The van der Waals surface area contributed by atoms with Crippen LogP contribution >= 0.6 is 23.2 Å². The lowest BCUT2D eigenvalue weighted by atomic mass is 9.95. The minimum atomic E-state index is 0.440. The highest BCUT2D eigenvalue weighted by atomic mass is 35.5. The van der Waals surface area contributed by atoms with Crippen LogP contribution in [0.3, 0.4) is 0 Å². The van der Waals surface area contributed by atoms with Gasteiger partial charge in [-0.25, -0.2) is 0 Å². The van der Waals surface area contributed by atoms with Gasteiger partial charge in [0, 0.05) is 5.56 Å². The van der Waals surface area contributed by atoms with Gasteiger partial charge in [0.15, 0.2) is 0 Å². The smallest absolute Gasteiger partial charge is 0.124 e. The number of ether oxygens (including phenoxy) is 1. The summed E-state index contributed by atoms with van der Waals surface area (Å²) in [4.78, 5) is 0. The molecule has 2 rings (SSSR count). The Labute approximate surface area is 87.6 Å². The maximum Gasteiger partial charge on any atom is 0.124 e. The fraction of sp³-hybridized carbons (Fsp3) is 0.400. The molecule has 0 aromatic heterocycles.